The fourth-order valence-electron chi connectivity index (χ4n) is 3.08. The van der Waals surface area contributed by atoms with E-state index in [1.54, 1.807) is 7.11 Å². The second kappa shape index (κ2) is 5.02. The monoisotopic (exact) mass is 304 g/mol. The lowest BCUT2D eigenvalue weighted by atomic mass is 10.0. The Morgan fingerprint density at radius 2 is 2.00 bits per heavy atom. The SMILES string of the molecule is COc1ccc2c(c1)c(/C=C1\C(=O)Nc3ccccc31)cn2C. The molecule has 23 heavy (non-hydrogen) atoms. The van der Waals surface area contributed by atoms with E-state index >= 15 is 0 Å². The Hall–Kier alpha value is -3.01. The van der Waals surface area contributed by atoms with Crippen LogP contribution in [0, 0.1) is 0 Å². The summed E-state index contributed by atoms with van der Waals surface area (Å²) in [4.78, 5) is 12.3. The topological polar surface area (TPSA) is 43.3 Å². The van der Waals surface area contributed by atoms with Gasteiger partial charge in [-0.2, -0.15) is 0 Å². The highest BCUT2D eigenvalue weighted by molar-refractivity contribution is 6.35. The number of carbonyl (C=O) groups is 1. The molecule has 0 unspecified atom stereocenters. The molecule has 1 aliphatic heterocycles. The number of nitrogens with zero attached hydrogens (tertiary/aromatic N) is 1. The fourth-order valence-corrected chi connectivity index (χ4v) is 3.08. The summed E-state index contributed by atoms with van der Waals surface area (Å²) in [6.07, 6.45) is 3.98. The minimum Gasteiger partial charge on any atom is -0.497 e. The quantitative estimate of drug-likeness (QED) is 0.734. The molecule has 1 N–H and O–H groups in total. The third kappa shape index (κ3) is 2.11. The van der Waals surface area contributed by atoms with Crippen LogP contribution in [0.15, 0.2) is 48.7 Å². The van der Waals surface area contributed by atoms with E-state index in [4.69, 9.17) is 4.74 Å². The average molecular weight is 304 g/mol. The first-order valence-electron chi connectivity index (χ1n) is 7.43. The van der Waals surface area contributed by atoms with E-state index in [1.165, 1.54) is 0 Å². The predicted molar refractivity (Wildman–Crippen MR) is 92.4 cm³/mol. The van der Waals surface area contributed by atoms with Gasteiger partial charge in [0.25, 0.3) is 5.91 Å². The van der Waals surface area contributed by atoms with Gasteiger partial charge in [0, 0.05) is 46.5 Å². The Labute approximate surface area is 134 Å². The third-order valence-corrected chi connectivity index (χ3v) is 4.24. The summed E-state index contributed by atoms with van der Waals surface area (Å²) in [6.45, 7) is 0. The molecule has 1 aliphatic rings. The van der Waals surface area contributed by atoms with Gasteiger partial charge >= 0.3 is 0 Å². The average Bonchev–Trinajstić information content (AvgIpc) is 3.05. The van der Waals surface area contributed by atoms with Gasteiger partial charge in [-0.15, -0.1) is 0 Å². The molecule has 0 spiro atoms. The zero-order valence-electron chi connectivity index (χ0n) is 13.0. The van der Waals surface area contributed by atoms with Crippen LogP contribution in [0.4, 0.5) is 5.69 Å². The standard InChI is InChI=1S/C19H16N2O2/c1-21-11-12(15-10-13(23-2)7-8-18(15)21)9-16-14-5-3-4-6-17(14)20-19(16)22/h3-11H,1-2H3,(H,20,22)/b16-9-. The van der Waals surface area contributed by atoms with Crippen molar-refractivity contribution in [3.8, 4) is 5.75 Å². The number of para-hydroxylation sites is 1. The van der Waals surface area contributed by atoms with Crippen LogP contribution in [0.1, 0.15) is 11.1 Å². The van der Waals surface area contributed by atoms with E-state index in [0.29, 0.717) is 5.57 Å². The summed E-state index contributed by atoms with van der Waals surface area (Å²) in [5.41, 5.74) is 4.60. The van der Waals surface area contributed by atoms with Gasteiger partial charge < -0.3 is 14.6 Å². The van der Waals surface area contributed by atoms with Crippen molar-refractivity contribution in [3.63, 3.8) is 0 Å². The van der Waals surface area contributed by atoms with Crippen molar-refractivity contribution >= 4 is 34.1 Å². The van der Waals surface area contributed by atoms with Gasteiger partial charge in [0.1, 0.15) is 5.75 Å². The van der Waals surface area contributed by atoms with Gasteiger partial charge in [-0.1, -0.05) is 18.2 Å². The normalized spacial score (nSPS) is 15.0. The number of nitrogens with one attached hydrogen (secondary N) is 1. The van der Waals surface area contributed by atoms with Crippen LogP contribution in [-0.2, 0) is 11.8 Å². The number of aryl methyl sites for hydroxylation is 1. The van der Waals surface area contributed by atoms with E-state index in [9.17, 15) is 4.79 Å². The van der Waals surface area contributed by atoms with Crippen molar-refractivity contribution < 1.29 is 9.53 Å². The Morgan fingerprint density at radius 3 is 2.83 bits per heavy atom. The molecule has 0 saturated heterocycles. The number of carbonyl (C=O) groups excluding carboxylic acids is 1. The summed E-state index contributed by atoms with van der Waals surface area (Å²) in [6, 6.07) is 13.7. The smallest absolute Gasteiger partial charge is 0.256 e. The van der Waals surface area contributed by atoms with E-state index in [2.05, 4.69) is 9.88 Å². The summed E-state index contributed by atoms with van der Waals surface area (Å²) in [5.74, 6) is 0.741. The number of hydrogen-bond donors (Lipinski definition) is 1. The van der Waals surface area contributed by atoms with Gasteiger partial charge in [0.15, 0.2) is 0 Å². The zero-order valence-corrected chi connectivity index (χ0v) is 13.0. The Bertz CT molecular complexity index is 967. The van der Waals surface area contributed by atoms with E-state index < -0.39 is 0 Å². The van der Waals surface area contributed by atoms with Crippen LogP contribution in [-0.4, -0.2) is 17.6 Å². The number of hydrogen-bond acceptors (Lipinski definition) is 2. The molecule has 1 aromatic heterocycles. The lowest BCUT2D eigenvalue weighted by Gasteiger charge is -2.01. The van der Waals surface area contributed by atoms with Crippen molar-refractivity contribution in [3.05, 3.63) is 59.8 Å². The van der Waals surface area contributed by atoms with E-state index in [1.807, 2.05) is 61.8 Å². The first-order chi connectivity index (χ1) is 11.2. The number of benzene rings is 2. The molecule has 2 heterocycles. The zero-order chi connectivity index (χ0) is 16.0. The molecule has 2 aromatic carbocycles. The number of amides is 1. The molecule has 4 heteroatoms. The lowest BCUT2D eigenvalue weighted by Crippen LogP contribution is -2.03. The maximum Gasteiger partial charge on any atom is 0.256 e. The summed E-state index contributed by atoms with van der Waals surface area (Å²) in [5, 5.41) is 3.97. The number of methoxy groups -OCH3 is 1. The van der Waals surface area contributed by atoms with Gasteiger partial charge in [-0.25, -0.2) is 0 Å². The van der Waals surface area contributed by atoms with E-state index in [-0.39, 0.29) is 5.91 Å². The lowest BCUT2D eigenvalue weighted by molar-refractivity contribution is -0.110. The van der Waals surface area contributed by atoms with Gasteiger partial charge in [-0.05, 0) is 30.3 Å². The maximum absolute atomic E-state index is 12.3. The van der Waals surface area contributed by atoms with Crippen molar-refractivity contribution in [2.24, 2.45) is 7.05 Å². The highest BCUT2D eigenvalue weighted by atomic mass is 16.5. The first-order valence-corrected chi connectivity index (χ1v) is 7.43. The Kier molecular flexibility index (Phi) is 2.98. The first kappa shape index (κ1) is 13.6. The van der Waals surface area contributed by atoms with Crippen LogP contribution >= 0.6 is 0 Å². The van der Waals surface area contributed by atoms with Crippen LogP contribution in [0.5, 0.6) is 5.75 Å². The largest absolute Gasteiger partial charge is 0.497 e. The molecule has 4 rings (SSSR count). The van der Waals surface area contributed by atoms with Crippen LogP contribution in [0.2, 0.25) is 0 Å². The molecular formula is C19H16N2O2. The second-order valence-electron chi connectivity index (χ2n) is 5.64. The van der Waals surface area contributed by atoms with Crippen LogP contribution < -0.4 is 10.1 Å². The predicted octanol–water partition coefficient (Wildman–Crippen LogP) is 3.68. The van der Waals surface area contributed by atoms with Crippen molar-refractivity contribution in [2.75, 3.05) is 12.4 Å². The molecule has 0 radical (unpaired) electrons. The summed E-state index contributed by atoms with van der Waals surface area (Å²) >= 11 is 0. The van der Waals surface area contributed by atoms with E-state index in [0.717, 1.165) is 33.5 Å². The third-order valence-electron chi connectivity index (χ3n) is 4.24. The fraction of sp³-hybridized carbons (Fsp3) is 0.105. The molecule has 0 saturated carbocycles. The maximum atomic E-state index is 12.3. The number of fused-ring (bicyclic) bond motifs is 2. The van der Waals surface area contributed by atoms with Gasteiger partial charge in [0.05, 0.1) is 7.11 Å². The van der Waals surface area contributed by atoms with Crippen LogP contribution in [0.3, 0.4) is 0 Å². The molecule has 0 atom stereocenters. The molecule has 114 valence electrons. The molecule has 0 fully saturated rings. The summed E-state index contributed by atoms with van der Waals surface area (Å²) < 4.78 is 7.38. The van der Waals surface area contributed by atoms with Gasteiger partial charge in [0.2, 0.25) is 0 Å². The number of anilines is 1. The number of aromatic nitrogens is 1. The molecule has 1 amide bonds. The molecular weight excluding hydrogens is 288 g/mol. The van der Waals surface area contributed by atoms with Crippen molar-refractivity contribution in [1.82, 2.24) is 4.57 Å². The van der Waals surface area contributed by atoms with Crippen molar-refractivity contribution in [1.29, 1.82) is 0 Å². The minimum absolute atomic E-state index is 0.0638. The minimum atomic E-state index is -0.0638. The second-order valence-corrected chi connectivity index (χ2v) is 5.64. The Balaban J connectivity index is 1.92. The molecule has 0 aliphatic carbocycles. The highest BCUT2D eigenvalue weighted by Gasteiger charge is 2.23. The van der Waals surface area contributed by atoms with Crippen LogP contribution in [0.25, 0.3) is 22.6 Å². The molecule has 4 nitrogen and oxygen atoms in total. The van der Waals surface area contributed by atoms with Crippen molar-refractivity contribution in [2.45, 2.75) is 0 Å². The van der Waals surface area contributed by atoms with Gasteiger partial charge in [-0.3, -0.25) is 4.79 Å². The number of ether oxygens (including phenoxy) is 1. The molecule has 0 bridgehead atoms. The highest BCUT2D eigenvalue weighted by Crippen LogP contribution is 2.34. The molecule has 3 aromatic rings. The number of rotatable bonds is 2. The Morgan fingerprint density at radius 1 is 1.17 bits per heavy atom. The summed E-state index contributed by atoms with van der Waals surface area (Å²) in [7, 11) is 3.66.